The number of carbonyl (C=O) groups excluding carboxylic acids is 1. The van der Waals surface area contributed by atoms with Gasteiger partial charge in [-0.15, -0.1) is 11.3 Å². The monoisotopic (exact) mass is 316 g/mol. The minimum atomic E-state index is 0.0453. The molecule has 2 heterocycles. The van der Waals surface area contributed by atoms with E-state index in [0.717, 1.165) is 31.6 Å². The maximum absolute atomic E-state index is 12.8. The first-order chi connectivity index (χ1) is 10.8. The Bertz CT molecular complexity index is 610. The predicted molar refractivity (Wildman–Crippen MR) is 87.4 cm³/mol. The maximum atomic E-state index is 12.8. The minimum Gasteiger partial charge on any atom is -0.497 e. The summed E-state index contributed by atoms with van der Waals surface area (Å²) in [6.07, 6.45) is 4.38. The van der Waals surface area contributed by atoms with Gasteiger partial charge in [0.2, 0.25) is 0 Å². The summed E-state index contributed by atoms with van der Waals surface area (Å²) >= 11 is 1.46. The highest BCUT2D eigenvalue weighted by Gasteiger charge is 2.28. The van der Waals surface area contributed by atoms with Gasteiger partial charge in [0, 0.05) is 11.9 Å². The first-order valence-corrected chi connectivity index (χ1v) is 8.57. The van der Waals surface area contributed by atoms with Gasteiger partial charge in [-0.05, 0) is 30.5 Å². The Hall–Kier alpha value is -1.88. The standard InChI is InChI=1S/C17H20N2O2S/c1-21-14-8-6-13(7-9-14)16-5-3-2-4-10-19(16)17(20)15-11-22-12-18-15/h6-9,11-12,16H,2-5,10H2,1H3. The van der Waals surface area contributed by atoms with Crippen LogP contribution in [0.5, 0.6) is 5.75 Å². The molecular formula is C17H20N2O2S. The van der Waals surface area contributed by atoms with Crippen LogP contribution in [0, 0.1) is 0 Å². The molecule has 0 aliphatic carbocycles. The molecule has 1 amide bonds. The molecule has 3 rings (SSSR count). The number of likely N-dealkylation sites (tertiary alicyclic amines) is 1. The lowest BCUT2D eigenvalue weighted by Gasteiger charge is -2.30. The van der Waals surface area contributed by atoms with E-state index < -0.39 is 0 Å². The van der Waals surface area contributed by atoms with E-state index in [9.17, 15) is 4.79 Å². The van der Waals surface area contributed by atoms with Gasteiger partial charge in [0.15, 0.2) is 0 Å². The van der Waals surface area contributed by atoms with Crippen LogP contribution in [0.3, 0.4) is 0 Å². The summed E-state index contributed by atoms with van der Waals surface area (Å²) in [4.78, 5) is 18.9. The number of methoxy groups -OCH3 is 1. The fraction of sp³-hybridized carbons (Fsp3) is 0.412. The van der Waals surface area contributed by atoms with Gasteiger partial charge in [0.25, 0.3) is 5.91 Å². The van der Waals surface area contributed by atoms with E-state index in [1.54, 1.807) is 12.6 Å². The van der Waals surface area contributed by atoms with Gasteiger partial charge in [-0.3, -0.25) is 4.79 Å². The summed E-state index contributed by atoms with van der Waals surface area (Å²) in [5.41, 5.74) is 3.45. The molecule has 1 aliphatic rings. The van der Waals surface area contributed by atoms with Gasteiger partial charge in [0.05, 0.1) is 18.7 Å². The SMILES string of the molecule is COc1ccc(C2CCCCCN2C(=O)c2cscn2)cc1. The quantitative estimate of drug-likeness (QED) is 0.862. The number of hydrogen-bond acceptors (Lipinski definition) is 4. The number of aromatic nitrogens is 1. The number of thiazole rings is 1. The normalized spacial score (nSPS) is 18.8. The molecule has 0 radical (unpaired) electrons. The lowest BCUT2D eigenvalue weighted by Crippen LogP contribution is -2.35. The predicted octanol–water partition coefficient (Wildman–Crippen LogP) is 3.91. The largest absolute Gasteiger partial charge is 0.497 e. The van der Waals surface area contributed by atoms with Crippen molar-refractivity contribution in [2.45, 2.75) is 31.7 Å². The number of nitrogens with zero attached hydrogens (tertiary/aromatic N) is 2. The lowest BCUT2D eigenvalue weighted by molar-refractivity contribution is 0.0675. The Morgan fingerprint density at radius 2 is 2.09 bits per heavy atom. The van der Waals surface area contributed by atoms with E-state index in [4.69, 9.17) is 4.74 Å². The van der Waals surface area contributed by atoms with Crippen LogP contribution in [0.1, 0.15) is 47.8 Å². The van der Waals surface area contributed by atoms with E-state index in [-0.39, 0.29) is 11.9 Å². The maximum Gasteiger partial charge on any atom is 0.273 e. The van der Waals surface area contributed by atoms with Crippen molar-refractivity contribution >= 4 is 17.2 Å². The molecule has 116 valence electrons. The zero-order valence-corrected chi connectivity index (χ0v) is 13.5. The van der Waals surface area contributed by atoms with Crippen molar-refractivity contribution in [1.29, 1.82) is 0 Å². The highest BCUT2D eigenvalue weighted by Crippen LogP contribution is 2.32. The molecule has 0 spiro atoms. The highest BCUT2D eigenvalue weighted by atomic mass is 32.1. The van der Waals surface area contributed by atoms with Crippen molar-refractivity contribution in [3.63, 3.8) is 0 Å². The molecule has 1 aromatic heterocycles. The second-order valence-electron chi connectivity index (χ2n) is 5.51. The van der Waals surface area contributed by atoms with Crippen molar-refractivity contribution in [2.75, 3.05) is 13.7 Å². The molecular weight excluding hydrogens is 296 g/mol. The molecule has 0 saturated carbocycles. The molecule has 1 aromatic carbocycles. The van der Waals surface area contributed by atoms with Gasteiger partial charge in [-0.25, -0.2) is 4.98 Å². The minimum absolute atomic E-state index is 0.0453. The van der Waals surface area contributed by atoms with Crippen LogP contribution in [0.2, 0.25) is 0 Å². The Balaban J connectivity index is 1.88. The van der Waals surface area contributed by atoms with E-state index in [0.29, 0.717) is 5.69 Å². The van der Waals surface area contributed by atoms with Crippen LogP contribution >= 0.6 is 11.3 Å². The Morgan fingerprint density at radius 1 is 1.27 bits per heavy atom. The van der Waals surface area contributed by atoms with Crippen molar-refractivity contribution in [1.82, 2.24) is 9.88 Å². The van der Waals surface area contributed by atoms with E-state index >= 15 is 0 Å². The van der Waals surface area contributed by atoms with Crippen LogP contribution in [0.15, 0.2) is 35.2 Å². The van der Waals surface area contributed by atoms with Crippen molar-refractivity contribution < 1.29 is 9.53 Å². The summed E-state index contributed by atoms with van der Waals surface area (Å²) in [5, 5.41) is 1.83. The molecule has 4 nitrogen and oxygen atoms in total. The Kier molecular flexibility index (Phi) is 4.73. The van der Waals surface area contributed by atoms with Gasteiger partial charge < -0.3 is 9.64 Å². The number of carbonyl (C=O) groups is 1. The zero-order chi connectivity index (χ0) is 15.4. The number of ether oxygens (including phenoxy) is 1. The average Bonchev–Trinajstić information content (AvgIpc) is 2.99. The topological polar surface area (TPSA) is 42.4 Å². The van der Waals surface area contributed by atoms with E-state index in [2.05, 4.69) is 17.1 Å². The van der Waals surface area contributed by atoms with Crippen LogP contribution in [0.25, 0.3) is 0 Å². The third-order valence-corrected chi connectivity index (χ3v) is 4.75. The highest BCUT2D eigenvalue weighted by molar-refractivity contribution is 7.07. The first kappa shape index (κ1) is 15.0. The smallest absolute Gasteiger partial charge is 0.273 e. The first-order valence-electron chi connectivity index (χ1n) is 7.62. The molecule has 1 fully saturated rings. The lowest BCUT2D eigenvalue weighted by atomic mass is 10.0. The van der Waals surface area contributed by atoms with Gasteiger partial charge in [-0.2, -0.15) is 0 Å². The second-order valence-corrected chi connectivity index (χ2v) is 6.23. The summed E-state index contributed by atoms with van der Waals surface area (Å²) < 4.78 is 5.23. The van der Waals surface area contributed by atoms with Crippen LogP contribution < -0.4 is 4.74 Å². The van der Waals surface area contributed by atoms with Crippen LogP contribution in [0.4, 0.5) is 0 Å². The van der Waals surface area contributed by atoms with Gasteiger partial charge in [-0.1, -0.05) is 25.0 Å². The third-order valence-electron chi connectivity index (χ3n) is 4.17. The summed E-state index contributed by atoms with van der Waals surface area (Å²) in [6, 6.07) is 8.19. The number of hydrogen-bond donors (Lipinski definition) is 0. The Morgan fingerprint density at radius 3 is 2.77 bits per heavy atom. The zero-order valence-electron chi connectivity index (χ0n) is 12.7. The summed E-state index contributed by atoms with van der Waals surface area (Å²) in [7, 11) is 1.67. The molecule has 0 bridgehead atoms. The van der Waals surface area contributed by atoms with Crippen LogP contribution in [-0.2, 0) is 0 Å². The van der Waals surface area contributed by atoms with E-state index in [1.807, 2.05) is 22.4 Å². The molecule has 1 aliphatic heterocycles. The van der Waals surface area contributed by atoms with E-state index in [1.165, 1.54) is 23.3 Å². The molecule has 1 atom stereocenters. The second kappa shape index (κ2) is 6.92. The third kappa shape index (κ3) is 3.14. The van der Waals surface area contributed by atoms with Crippen molar-refractivity contribution in [3.8, 4) is 5.75 Å². The molecule has 1 saturated heterocycles. The number of amides is 1. The summed E-state index contributed by atoms with van der Waals surface area (Å²) in [5.74, 6) is 0.888. The molecule has 5 heteroatoms. The Labute approximate surface area is 134 Å². The fourth-order valence-corrected chi connectivity index (χ4v) is 3.52. The number of benzene rings is 1. The average molecular weight is 316 g/mol. The van der Waals surface area contributed by atoms with Gasteiger partial charge >= 0.3 is 0 Å². The fourth-order valence-electron chi connectivity index (χ4n) is 2.99. The number of rotatable bonds is 3. The molecule has 0 N–H and O–H groups in total. The summed E-state index contributed by atoms with van der Waals surface area (Å²) in [6.45, 7) is 0.799. The van der Waals surface area contributed by atoms with Gasteiger partial charge in [0.1, 0.15) is 11.4 Å². The molecule has 22 heavy (non-hydrogen) atoms. The van der Waals surface area contributed by atoms with Crippen LogP contribution in [-0.4, -0.2) is 29.4 Å². The molecule has 2 aromatic rings. The molecule has 1 unspecified atom stereocenters. The van der Waals surface area contributed by atoms with Crippen molar-refractivity contribution in [3.05, 3.63) is 46.4 Å². The van der Waals surface area contributed by atoms with Crippen molar-refractivity contribution in [2.24, 2.45) is 0 Å².